The van der Waals surface area contributed by atoms with Crippen LogP contribution < -0.4 is 5.56 Å². The molecule has 0 radical (unpaired) electrons. The van der Waals surface area contributed by atoms with E-state index in [1.807, 2.05) is 11.8 Å². The van der Waals surface area contributed by atoms with Crippen molar-refractivity contribution < 1.29 is 9.53 Å². The smallest absolute Gasteiger partial charge is 0.254 e. The lowest BCUT2D eigenvalue weighted by Crippen LogP contribution is -2.42. The van der Waals surface area contributed by atoms with E-state index in [0.717, 1.165) is 23.0 Å². The van der Waals surface area contributed by atoms with Gasteiger partial charge in [0, 0.05) is 37.0 Å². The number of nitrogens with zero attached hydrogens (tertiary/aromatic N) is 3. The summed E-state index contributed by atoms with van der Waals surface area (Å²) in [5.41, 5.74) is 0.778. The Bertz CT molecular complexity index is 596. The van der Waals surface area contributed by atoms with E-state index >= 15 is 0 Å². The number of morpholine rings is 1. The summed E-state index contributed by atoms with van der Waals surface area (Å²) in [4.78, 5) is 30.9. The minimum atomic E-state index is -0.0775. The molecule has 1 amide bonds. The number of thioether (sulfide) groups is 1. The van der Waals surface area contributed by atoms with Gasteiger partial charge in [0.2, 0.25) is 5.91 Å². The zero-order valence-corrected chi connectivity index (χ0v) is 12.9. The Morgan fingerprint density at radius 2 is 2.24 bits per heavy atom. The lowest BCUT2D eigenvalue weighted by molar-refractivity contribution is -0.136. The number of carbonyl (C=O) groups is 1. The molecule has 2 aliphatic rings. The molecule has 3 rings (SSSR count). The third-order valence-corrected chi connectivity index (χ3v) is 4.98. The highest BCUT2D eigenvalue weighted by atomic mass is 32.2. The molecular weight excluding hydrogens is 290 g/mol. The molecule has 0 spiro atoms. The number of fused-ring (bicyclic) bond motifs is 1. The van der Waals surface area contributed by atoms with Gasteiger partial charge in [-0.15, -0.1) is 0 Å². The third-order valence-electron chi connectivity index (χ3n) is 3.88. The van der Waals surface area contributed by atoms with Crippen molar-refractivity contribution in [2.24, 2.45) is 0 Å². The monoisotopic (exact) mass is 309 g/mol. The fraction of sp³-hybridized carbons (Fsp3) is 0.643. The lowest BCUT2D eigenvalue weighted by Gasteiger charge is -2.28. The van der Waals surface area contributed by atoms with Crippen LogP contribution in [0.15, 0.2) is 16.0 Å². The first-order valence-corrected chi connectivity index (χ1v) is 8.28. The number of ether oxygens (including phenoxy) is 1. The molecule has 0 aliphatic carbocycles. The summed E-state index contributed by atoms with van der Waals surface area (Å²) in [6.07, 6.45) is 1.12. The van der Waals surface area contributed by atoms with Crippen LogP contribution in [0.4, 0.5) is 0 Å². The standard InChI is InChI=1S/C14H19N3O3S/c1-2-10-7-13(19)17-11(9-21-14(17)15-10)8-12(18)16-3-5-20-6-4-16/h7,11H,2-6,8-9H2,1H3. The summed E-state index contributed by atoms with van der Waals surface area (Å²) in [6.45, 7) is 4.48. The van der Waals surface area contributed by atoms with Gasteiger partial charge in [0.1, 0.15) is 0 Å². The summed E-state index contributed by atoms with van der Waals surface area (Å²) in [6, 6.07) is 1.51. The second-order valence-corrected chi connectivity index (χ2v) is 6.24. The van der Waals surface area contributed by atoms with E-state index in [0.29, 0.717) is 32.7 Å². The van der Waals surface area contributed by atoms with E-state index in [1.165, 1.54) is 0 Å². The molecule has 1 aromatic rings. The van der Waals surface area contributed by atoms with Crippen molar-refractivity contribution in [2.45, 2.75) is 31.0 Å². The second-order valence-electron chi connectivity index (χ2n) is 5.25. The van der Waals surface area contributed by atoms with Crippen molar-refractivity contribution >= 4 is 17.7 Å². The van der Waals surface area contributed by atoms with Gasteiger partial charge >= 0.3 is 0 Å². The fourth-order valence-electron chi connectivity index (χ4n) is 2.67. The van der Waals surface area contributed by atoms with Gasteiger partial charge in [-0.3, -0.25) is 14.2 Å². The molecule has 3 heterocycles. The summed E-state index contributed by atoms with van der Waals surface area (Å²) in [7, 11) is 0. The Labute approximate surface area is 127 Å². The summed E-state index contributed by atoms with van der Waals surface area (Å²) < 4.78 is 6.94. The molecule has 0 saturated carbocycles. The lowest BCUT2D eigenvalue weighted by atomic mass is 10.2. The predicted octanol–water partition coefficient (Wildman–Crippen LogP) is 0.701. The maximum absolute atomic E-state index is 12.3. The van der Waals surface area contributed by atoms with E-state index in [4.69, 9.17) is 4.74 Å². The van der Waals surface area contributed by atoms with Gasteiger partial charge in [-0.25, -0.2) is 4.98 Å². The average molecular weight is 309 g/mol. The van der Waals surface area contributed by atoms with Crippen LogP contribution in [0, 0.1) is 0 Å². The normalized spacial score (nSPS) is 21.4. The topological polar surface area (TPSA) is 64.4 Å². The molecule has 1 fully saturated rings. The van der Waals surface area contributed by atoms with Gasteiger partial charge in [-0.2, -0.15) is 0 Å². The van der Waals surface area contributed by atoms with Crippen molar-refractivity contribution in [3.8, 4) is 0 Å². The zero-order valence-electron chi connectivity index (χ0n) is 12.1. The van der Waals surface area contributed by atoms with Gasteiger partial charge in [-0.1, -0.05) is 18.7 Å². The molecule has 0 N–H and O–H groups in total. The van der Waals surface area contributed by atoms with E-state index in [1.54, 1.807) is 22.4 Å². The van der Waals surface area contributed by atoms with Gasteiger partial charge in [-0.05, 0) is 6.42 Å². The van der Waals surface area contributed by atoms with Crippen molar-refractivity contribution in [1.29, 1.82) is 0 Å². The first-order chi connectivity index (χ1) is 10.2. The molecular formula is C14H19N3O3S. The Kier molecular flexibility index (Phi) is 4.30. The largest absolute Gasteiger partial charge is 0.378 e. The number of amides is 1. The van der Waals surface area contributed by atoms with Crippen LogP contribution >= 0.6 is 11.8 Å². The maximum Gasteiger partial charge on any atom is 0.254 e. The molecule has 1 atom stereocenters. The van der Waals surface area contributed by atoms with Gasteiger partial charge in [0.25, 0.3) is 5.56 Å². The molecule has 1 unspecified atom stereocenters. The van der Waals surface area contributed by atoms with Crippen LogP contribution in [-0.2, 0) is 16.0 Å². The molecule has 1 aromatic heterocycles. The van der Waals surface area contributed by atoms with Crippen molar-refractivity contribution in [3.05, 3.63) is 22.1 Å². The highest BCUT2D eigenvalue weighted by Gasteiger charge is 2.29. The van der Waals surface area contributed by atoms with Crippen LogP contribution in [0.3, 0.4) is 0 Å². The Balaban J connectivity index is 1.75. The van der Waals surface area contributed by atoms with Crippen LogP contribution in [0.2, 0.25) is 0 Å². The van der Waals surface area contributed by atoms with Crippen molar-refractivity contribution in [1.82, 2.24) is 14.5 Å². The Morgan fingerprint density at radius 1 is 1.48 bits per heavy atom. The SMILES string of the molecule is CCc1cc(=O)n2c(n1)SCC2CC(=O)N1CCOCC1. The molecule has 21 heavy (non-hydrogen) atoms. The molecule has 114 valence electrons. The highest BCUT2D eigenvalue weighted by molar-refractivity contribution is 7.99. The first-order valence-electron chi connectivity index (χ1n) is 7.30. The molecule has 0 aromatic carbocycles. The Hall–Kier alpha value is -1.34. The molecule has 1 saturated heterocycles. The fourth-order valence-corrected chi connectivity index (χ4v) is 3.84. The van der Waals surface area contributed by atoms with E-state index in [9.17, 15) is 9.59 Å². The molecule has 0 bridgehead atoms. The highest BCUT2D eigenvalue weighted by Crippen LogP contribution is 2.32. The number of aromatic nitrogens is 2. The van der Waals surface area contributed by atoms with E-state index in [-0.39, 0.29) is 17.5 Å². The van der Waals surface area contributed by atoms with Crippen LogP contribution in [0.5, 0.6) is 0 Å². The van der Waals surface area contributed by atoms with Gasteiger partial charge in [0.05, 0.1) is 19.3 Å². The van der Waals surface area contributed by atoms with E-state index < -0.39 is 0 Å². The van der Waals surface area contributed by atoms with Crippen molar-refractivity contribution in [3.63, 3.8) is 0 Å². The van der Waals surface area contributed by atoms with E-state index in [2.05, 4.69) is 4.98 Å². The average Bonchev–Trinajstić information content (AvgIpc) is 2.91. The summed E-state index contributed by atoms with van der Waals surface area (Å²) in [5.74, 6) is 0.842. The number of carbonyl (C=O) groups excluding carboxylic acids is 1. The molecule has 7 heteroatoms. The summed E-state index contributed by atoms with van der Waals surface area (Å²) in [5, 5.41) is 0.749. The number of hydrogen-bond acceptors (Lipinski definition) is 5. The van der Waals surface area contributed by atoms with Gasteiger partial charge < -0.3 is 9.64 Å². The number of aryl methyl sites for hydroxylation is 1. The predicted molar refractivity (Wildman–Crippen MR) is 79.7 cm³/mol. The molecule has 2 aliphatic heterocycles. The van der Waals surface area contributed by atoms with Crippen LogP contribution in [-0.4, -0.2) is 52.4 Å². The minimum Gasteiger partial charge on any atom is -0.378 e. The Morgan fingerprint density at radius 3 is 2.95 bits per heavy atom. The third kappa shape index (κ3) is 2.98. The van der Waals surface area contributed by atoms with Gasteiger partial charge in [0.15, 0.2) is 5.16 Å². The minimum absolute atomic E-state index is 0.0402. The van der Waals surface area contributed by atoms with Crippen molar-refractivity contribution in [2.75, 3.05) is 32.1 Å². The molecule has 6 nitrogen and oxygen atoms in total. The van der Waals surface area contributed by atoms with Crippen LogP contribution in [0.25, 0.3) is 0 Å². The summed E-state index contributed by atoms with van der Waals surface area (Å²) >= 11 is 1.56. The number of rotatable bonds is 3. The number of hydrogen-bond donors (Lipinski definition) is 0. The first kappa shape index (κ1) is 14.6. The maximum atomic E-state index is 12.3. The van der Waals surface area contributed by atoms with Crippen LogP contribution in [0.1, 0.15) is 25.1 Å². The zero-order chi connectivity index (χ0) is 14.8. The quantitative estimate of drug-likeness (QED) is 0.769. The second kappa shape index (κ2) is 6.19.